The molecule has 2 rings (SSSR count). The number of nitrogens with zero attached hydrogens (tertiary/aromatic N) is 3. The minimum absolute atomic E-state index is 0.572. The lowest BCUT2D eigenvalue weighted by atomic mass is 10.5. The minimum atomic E-state index is 0.572. The van der Waals surface area contributed by atoms with Crippen molar-refractivity contribution in [3.05, 3.63) is 29.0 Å². The number of aromatic nitrogens is 3. The Bertz CT molecular complexity index is 396. The fourth-order valence-electron chi connectivity index (χ4n) is 1.24. The van der Waals surface area contributed by atoms with Crippen molar-refractivity contribution in [3.8, 4) is 5.75 Å². The Morgan fingerprint density at radius 2 is 2.40 bits per heavy atom. The second-order valence-corrected chi connectivity index (χ2v) is 4.17. The summed E-state index contributed by atoms with van der Waals surface area (Å²) in [4.78, 5) is 5.11. The highest BCUT2D eigenvalue weighted by atomic mass is 32.1. The highest BCUT2D eigenvalue weighted by Crippen LogP contribution is 2.13. The first-order valence-corrected chi connectivity index (χ1v) is 5.79. The monoisotopic (exact) mass is 223 g/mol. The van der Waals surface area contributed by atoms with Gasteiger partial charge in [0.25, 0.3) is 0 Å². The van der Waals surface area contributed by atoms with Gasteiger partial charge in [-0.2, -0.15) is 5.10 Å². The van der Waals surface area contributed by atoms with Crippen molar-refractivity contribution in [2.45, 2.75) is 26.5 Å². The lowest BCUT2D eigenvalue weighted by Gasteiger charge is -1.99. The molecule has 0 aliphatic heterocycles. The molecule has 0 saturated carbocycles. The maximum atomic E-state index is 5.56. The summed E-state index contributed by atoms with van der Waals surface area (Å²) >= 11 is 1.60. The topological polar surface area (TPSA) is 39.9 Å². The molecule has 4 nitrogen and oxygen atoms in total. The number of aryl methyl sites for hydroxylation is 1. The van der Waals surface area contributed by atoms with E-state index < -0.39 is 0 Å². The summed E-state index contributed by atoms with van der Waals surface area (Å²) in [6, 6.07) is 0. The highest BCUT2D eigenvalue weighted by Gasteiger charge is 2.00. The van der Waals surface area contributed by atoms with E-state index >= 15 is 0 Å². The largest absolute Gasteiger partial charge is 0.485 e. The maximum Gasteiger partial charge on any atom is 0.157 e. The average Bonchev–Trinajstić information content (AvgIpc) is 2.85. The lowest BCUT2D eigenvalue weighted by Crippen LogP contribution is -1.96. The molecule has 5 heteroatoms. The number of thiazole rings is 1. The zero-order chi connectivity index (χ0) is 10.5. The van der Waals surface area contributed by atoms with Gasteiger partial charge in [-0.15, -0.1) is 11.3 Å². The fourth-order valence-corrected chi connectivity index (χ4v) is 1.74. The first kappa shape index (κ1) is 10.2. The van der Waals surface area contributed by atoms with Gasteiger partial charge in [-0.3, -0.25) is 9.67 Å². The molecule has 0 aliphatic rings. The van der Waals surface area contributed by atoms with Crippen LogP contribution in [0.4, 0.5) is 0 Å². The highest BCUT2D eigenvalue weighted by molar-refractivity contribution is 7.09. The van der Waals surface area contributed by atoms with Crippen LogP contribution in [0.15, 0.2) is 24.1 Å². The van der Waals surface area contributed by atoms with E-state index in [2.05, 4.69) is 17.0 Å². The summed E-state index contributed by atoms with van der Waals surface area (Å²) < 4.78 is 7.46. The van der Waals surface area contributed by atoms with Gasteiger partial charge in [0.15, 0.2) is 5.75 Å². The Labute approximate surface area is 92.5 Å². The van der Waals surface area contributed by atoms with Gasteiger partial charge in [0.2, 0.25) is 0 Å². The van der Waals surface area contributed by atoms with Gasteiger partial charge in [0.05, 0.1) is 22.8 Å². The van der Waals surface area contributed by atoms with Crippen molar-refractivity contribution in [1.82, 2.24) is 14.8 Å². The number of hydrogen-bond acceptors (Lipinski definition) is 4. The van der Waals surface area contributed by atoms with Crippen LogP contribution in [0.2, 0.25) is 0 Å². The van der Waals surface area contributed by atoms with Crippen LogP contribution in [0.1, 0.15) is 18.2 Å². The van der Waals surface area contributed by atoms with Crippen LogP contribution in [0.3, 0.4) is 0 Å². The molecule has 0 aromatic carbocycles. The van der Waals surface area contributed by atoms with E-state index in [1.54, 1.807) is 23.0 Å². The van der Waals surface area contributed by atoms with E-state index in [1.165, 1.54) is 0 Å². The molecule has 0 spiro atoms. The molecule has 0 unspecified atom stereocenters. The van der Waals surface area contributed by atoms with Gasteiger partial charge in [-0.25, -0.2) is 0 Å². The molecule has 0 aliphatic carbocycles. The zero-order valence-corrected chi connectivity index (χ0v) is 9.41. The van der Waals surface area contributed by atoms with Crippen molar-refractivity contribution in [2.75, 3.05) is 0 Å². The normalized spacial score (nSPS) is 10.5. The van der Waals surface area contributed by atoms with Crippen LogP contribution in [0.25, 0.3) is 0 Å². The Morgan fingerprint density at radius 3 is 3.13 bits per heavy atom. The Hall–Kier alpha value is -1.36. The third kappa shape index (κ3) is 2.79. The zero-order valence-electron chi connectivity index (χ0n) is 8.59. The summed E-state index contributed by atoms with van der Waals surface area (Å²) in [7, 11) is 0. The second kappa shape index (κ2) is 4.93. The van der Waals surface area contributed by atoms with E-state index in [4.69, 9.17) is 4.74 Å². The van der Waals surface area contributed by atoms with Crippen LogP contribution in [0, 0.1) is 0 Å². The first-order chi connectivity index (χ1) is 7.38. The van der Waals surface area contributed by atoms with E-state index in [9.17, 15) is 0 Å². The van der Waals surface area contributed by atoms with Gasteiger partial charge in [-0.05, 0) is 6.42 Å². The molecule has 0 bridgehead atoms. The molecule has 0 saturated heterocycles. The molecule has 2 aromatic heterocycles. The van der Waals surface area contributed by atoms with Crippen molar-refractivity contribution in [2.24, 2.45) is 0 Å². The SMILES string of the molecule is CCCn1cc(OCc2cncs2)cn1. The van der Waals surface area contributed by atoms with E-state index in [1.807, 2.05) is 17.1 Å². The summed E-state index contributed by atoms with van der Waals surface area (Å²) in [5.41, 5.74) is 1.80. The molecule has 80 valence electrons. The second-order valence-electron chi connectivity index (χ2n) is 3.20. The van der Waals surface area contributed by atoms with Gasteiger partial charge >= 0.3 is 0 Å². The van der Waals surface area contributed by atoms with Crippen molar-refractivity contribution < 1.29 is 4.74 Å². The molecule has 15 heavy (non-hydrogen) atoms. The van der Waals surface area contributed by atoms with Gasteiger partial charge in [-0.1, -0.05) is 6.92 Å². The van der Waals surface area contributed by atoms with E-state index in [-0.39, 0.29) is 0 Å². The Balaban J connectivity index is 1.88. The summed E-state index contributed by atoms with van der Waals surface area (Å²) in [5, 5.41) is 4.19. The molecule has 0 radical (unpaired) electrons. The summed E-state index contributed by atoms with van der Waals surface area (Å²) in [5.74, 6) is 0.817. The third-order valence-electron chi connectivity index (χ3n) is 1.93. The molecule has 2 heterocycles. The van der Waals surface area contributed by atoms with Crippen LogP contribution in [0.5, 0.6) is 5.75 Å². The van der Waals surface area contributed by atoms with E-state index in [0.717, 1.165) is 23.6 Å². The Kier molecular flexibility index (Phi) is 3.34. The van der Waals surface area contributed by atoms with E-state index in [0.29, 0.717) is 6.61 Å². The van der Waals surface area contributed by atoms with Gasteiger partial charge in [0, 0.05) is 12.7 Å². The first-order valence-electron chi connectivity index (χ1n) is 4.91. The van der Waals surface area contributed by atoms with Crippen LogP contribution in [-0.2, 0) is 13.2 Å². The number of hydrogen-bond donors (Lipinski definition) is 0. The summed E-state index contributed by atoms with van der Waals surface area (Å²) in [6.07, 6.45) is 6.57. The predicted molar refractivity (Wildman–Crippen MR) is 59.0 cm³/mol. The third-order valence-corrected chi connectivity index (χ3v) is 2.68. The molecular formula is C10H13N3OS. The average molecular weight is 223 g/mol. The molecule has 0 N–H and O–H groups in total. The molecule has 0 atom stereocenters. The Morgan fingerprint density at radius 1 is 1.47 bits per heavy atom. The predicted octanol–water partition coefficient (Wildman–Crippen LogP) is 2.33. The quantitative estimate of drug-likeness (QED) is 0.781. The summed E-state index contributed by atoms with van der Waals surface area (Å²) in [6.45, 7) is 3.63. The van der Waals surface area contributed by atoms with Gasteiger partial charge < -0.3 is 4.74 Å². The van der Waals surface area contributed by atoms with Crippen LogP contribution in [-0.4, -0.2) is 14.8 Å². The van der Waals surface area contributed by atoms with Crippen LogP contribution < -0.4 is 4.74 Å². The lowest BCUT2D eigenvalue weighted by molar-refractivity contribution is 0.309. The van der Waals surface area contributed by atoms with Crippen molar-refractivity contribution >= 4 is 11.3 Å². The smallest absolute Gasteiger partial charge is 0.157 e. The molecule has 0 amide bonds. The van der Waals surface area contributed by atoms with Gasteiger partial charge in [0.1, 0.15) is 6.61 Å². The minimum Gasteiger partial charge on any atom is -0.485 e. The molecular weight excluding hydrogens is 210 g/mol. The van der Waals surface area contributed by atoms with Crippen molar-refractivity contribution in [3.63, 3.8) is 0 Å². The number of rotatable bonds is 5. The molecule has 2 aromatic rings. The van der Waals surface area contributed by atoms with Crippen molar-refractivity contribution in [1.29, 1.82) is 0 Å². The fraction of sp³-hybridized carbons (Fsp3) is 0.400. The van der Waals surface area contributed by atoms with Crippen LogP contribution >= 0.6 is 11.3 Å². The number of ether oxygens (including phenoxy) is 1. The maximum absolute atomic E-state index is 5.56. The molecule has 0 fully saturated rings. The standard InChI is InChI=1S/C10H13N3OS/c1-2-3-13-6-9(4-12-13)14-7-10-5-11-8-15-10/h4-6,8H,2-3,7H2,1H3.